The maximum absolute atomic E-state index is 13.2. The van der Waals surface area contributed by atoms with Crippen LogP contribution in [0.3, 0.4) is 0 Å². The van der Waals surface area contributed by atoms with Crippen molar-refractivity contribution in [3.05, 3.63) is 41.2 Å². The first-order valence-corrected chi connectivity index (χ1v) is 4.61. The number of hydrogen-bond acceptors (Lipinski definition) is 1. The molecular weight excluding hydrogens is 179 g/mol. The molecule has 0 aliphatic rings. The number of carbonyl (C=O) groups excluding carboxylic acids is 1. The van der Waals surface area contributed by atoms with Gasteiger partial charge in [-0.3, -0.25) is 4.79 Å². The van der Waals surface area contributed by atoms with Gasteiger partial charge < -0.3 is 0 Å². The predicted molar refractivity (Wildman–Crippen MR) is 55.3 cm³/mol. The molecule has 0 amide bonds. The molecule has 0 aliphatic carbocycles. The van der Waals surface area contributed by atoms with Crippen LogP contribution in [0.4, 0.5) is 4.39 Å². The molecule has 0 saturated carbocycles. The van der Waals surface area contributed by atoms with Crippen molar-refractivity contribution in [1.29, 1.82) is 0 Å². The minimum absolute atomic E-state index is 0.0493. The minimum Gasteiger partial charge on any atom is -0.295 e. The summed E-state index contributed by atoms with van der Waals surface area (Å²) in [6.45, 7) is 3.50. The molecule has 1 rings (SSSR count). The van der Waals surface area contributed by atoms with E-state index in [2.05, 4.69) is 0 Å². The monoisotopic (exact) mass is 192 g/mol. The number of carbonyl (C=O) groups is 1. The lowest BCUT2D eigenvalue weighted by Gasteiger charge is -1.99. The molecule has 0 radical (unpaired) electrons. The van der Waals surface area contributed by atoms with Crippen molar-refractivity contribution in [3.63, 3.8) is 0 Å². The first kappa shape index (κ1) is 10.6. The molecule has 1 aromatic carbocycles. The molecule has 0 aliphatic heterocycles. The fraction of sp³-hybridized carbons (Fsp3) is 0.250. The summed E-state index contributed by atoms with van der Waals surface area (Å²) in [4.78, 5) is 11.2. The summed E-state index contributed by atoms with van der Waals surface area (Å²) in [5.41, 5.74) is 1.06. The van der Waals surface area contributed by atoms with Crippen LogP contribution in [0.15, 0.2) is 29.8 Å². The minimum atomic E-state index is -0.296. The van der Waals surface area contributed by atoms with Crippen molar-refractivity contribution < 1.29 is 9.18 Å². The lowest BCUT2D eigenvalue weighted by atomic mass is 10.1. The Morgan fingerprint density at radius 1 is 1.43 bits per heavy atom. The van der Waals surface area contributed by atoms with Crippen molar-refractivity contribution in [2.75, 3.05) is 0 Å². The molecule has 0 aromatic heterocycles. The lowest BCUT2D eigenvalue weighted by molar-refractivity contribution is -0.115. The average Bonchev–Trinajstić information content (AvgIpc) is 2.20. The van der Waals surface area contributed by atoms with E-state index in [-0.39, 0.29) is 11.6 Å². The predicted octanol–water partition coefficient (Wildman–Crippen LogP) is 3.21. The number of benzene rings is 1. The largest absolute Gasteiger partial charge is 0.295 e. The van der Waals surface area contributed by atoms with E-state index in [0.717, 1.165) is 0 Å². The van der Waals surface area contributed by atoms with E-state index in [1.165, 1.54) is 6.07 Å². The Morgan fingerprint density at radius 2 is 2.07 bits per heavy atom. The highest BCUT2D eigenvalue weighted by molar-refractivity contribution is 5.98. The molecule has 0 bridgehead atoms. The van der Waals surface area contributed by atoms with E-state index in [1.54, 1.807) is 38.1 Å². The third-order valence-electron chi connectivity index (χ3n) is 2.04. The van der Waals surface area contributed by atoms with Gasteiger partial charge >= 0.3 is 0 Å². The molecule has 14 heavy (non-hydrogen) atoms. The number of hydrogen-bond donors (Lipinski definition) is 0. The van der Waals surface area contributed by atoms with Gasteiger partial charge in [-0.15, -0.1) is 0 Å². The van der Waals surface area contributed by atoms with Crippen molar-refractivity contribution in [2.45, 2.75) is 20.3 Å². The van der Waals surface area contributed by atoms with Gasteiger partial charge in [0.1, 0.15) is 5.82 Å². The zero-order chi connectivity index (χ0) is 10.6. The topological polar surface area (TPSA) is 17.1 Å². The Kier molecular flexibility index (Phi) is 3.57. The molecule has 0 atom stereocenters. The summed E-state index contributed by atoms with van der Waals surface area (Å²) < 4.78 is 13.2. The smallest absolute Gasteiger partial charge is 0.158 e. The van der Waals surface area contributed by atoms with Crippen LogP contribution in [0.25, 0.3) is 6.08 Å². The Morgan fingerprint density at radius 3 is 2.64 bits per heavy atom. The van der Waals surface area contributed by atoms with Crippen molar-refractivity contribution in [2.24, 2.45) is 0 Å². The number of rotatable bonds is 3. The fourth-order valence-electron chi connectivity index (χ4n) is 1.18. The SMILES string of the molecule is CCC(=O)/C(C)=C/c1ccccc1F. The maximum atomic E-state index is 13.2. The van der Waals surface area contributed by atoms with Gasteiger partial charge in [-0.1, -0.05) is 25.1 Å². The molecule has 0 heterocycles. The summed E-state index contributed by atoms with van der Waals surface area (Å²) >= 11 is 0. The third-order valence-corrected chi connectivity index (χ3v) is 2.04. The summed E-state index contributed by atoms with van der Waals surface area (Å²) in [7, 11) is 0. The van der Waals surface area contributed by atoms with Gasteiger partial charge in [0.05, 0.1) is 0 Å². The lowest BCUT2D eigenvalue weighted by Crippen LogP contribution is -1.96. The van der Waals surface area contributed by atoms with Crippen molar-refractivity contribution >= 4 is 11.9 Å². The van der Waals surface area contributed by atoms with Crippen LogP contribution in [0.1, 0.15) is 25.8 Å². The number of halogens is 1. The zero-order valence-corrected chi connectivity index (χ0v) is 8.38. The van der Waals surface area contributed by atoms with Crippen LogP contribution in [0, 0.1) is 5.82 Å². The fourth-order valence-corrected chi connectivity index (χ4v) is 1.18. The second-order valence-corrected chi connectivity index (χ2v) is 3.13. The maximum Gasteiger partial charge on any atom is 0.158 e. The standard InChI is InChI=1S/C12H13FO/c1-3-12(14)9(2)8-10-6-4-5-7-11(10)13/h4-8H,3H2,1-2H3/b9-8+. The van der Waals surface area contributed by atoms with Crippen LogP contribution in [0.2, 0.25) is 0 Å². The van der Waals surface area contributed by atoms with Gasteiger partial charge in [0.2, 0.25) is 0 Å². The summed E-state index contributed by atoms with van der Waals surface area (Å²) in [5.74, 6) is -0.246. The van der Waals surface area contributed by atoms with E-state index >= 15 is 0 Å². The van der Waals surface area contributed by atoms with Gasteiger partial charge in [-0.05, 0) is 24.6 Å². The van der Waals surface area contributed by atoms with E-state index in [0.29, 0.717) is 17.6 Å². The van der Waals surface area contributed by atoms with Crippen LogP contribution in [-0.4, -0.2) is 5.78 Å². The summed E-state index contributed by atoms with van der Waals surface area (Å²) in [6, 6.07) is 6.42. The summed E-state index contributed by atoms with van der Waals surface area (Å²) in [6.07, 6.45) is 2.04. The van der Waals surface area contributed by atoms with Gasteiger partial charge in [0, 0.05) is 12.0 Å². The number of Topliss-reactive ketones (excluding diaryl/α,β-unsaturated/α-hetero) is 1. The van der Waals surface area contributed by atoms with E-state index in [4.69, 9.17) is 0 Å². The molecule has 1 aromatic rings. The molecule has 74 valence electrons. The highest BCUT2D eigenvalue weighted by Crippen LogP contribution is 2.12. The van der Waals surface area contributed by atoms with Crippen molar-refractivity contribution in [3.8, 4) is 0 Å². The highest BCUT2D eigenvalue weighted by Gasteiger charge is 2.02. The number of ketones is 1. The number of allylic oxidation sites excluding steroid dienone is 1. The van der Waals surface area contributed by atoms with Crippen LogP contribution < -0.4 is 0 Å². The molecule has 2 heteroatoms. The Hall–Kier alpha value is -1.44. The molecule has 0 unspecified atom stereocenters. The Bertz CT molecular complexity index is 366. The van der Waals surface area contributed by atoms with E-state index in [1.807, 2.05) is 0 Å². The first-order chi connectivity index (χ1) is 6.65. The van der Waals surface area contributed by atoms with Gasteiger partial charge in [-0.25, -0.2) is 4.39 Å². The molecule has 1 nitrogen and oxygen atoms in total. The molecule has 0 saturated heterocycles. The van der Waals surface area contributed by atoms with Crippen molar-refractivity contribution in [1.82, 2.24) is 0 Å². The third kappa shape index (κ3) is 2.52. The second kappa shape index (κ2) is 4.70. The Labute approximate surface area is 83.3 Å². The molecule has 0 N–H and O–H groups in total. The van der Waals surface area contributed by atoms with Crippen LogP contribution in [-0.2, 0) is 4.79 Å². The first-order valence-electron chi connectivity index (χ1n) is 4.61. The van der Waals surface area contributed by atoms with Gasteiger partial charge in [0.25, 0.3) is 0 Å². The average molecular weight is 192 g/mol. The Balaban J connectivity index is 2.97. The molecule has 0 spiro atoms. The molecular formula is C12H13FO. The summed E-state index contributed by atoms with van der Waals surface area (Å²) in [5, 5.41) is 0. The van der Waals surface area contributed by atoms with Crippen LogP contribution in [0.5, 0.6) is 0 Å². The molecule has 0 fully saturated rings. The highest BCUT2D eigenvalue weighted by atomic mass is 19.1. The van der Waals surface area contributed by atoms with E-state index in [9.17, 15) is 9.18 Å². The normalized spacial score (nSPS) is 11.5. The zero-order valence-electron chi connectivity index (χ0n) is 8.38. The van der Waals surface area contributed by atoms with E-state index < -0.39 is 0 Å². The van der Waals surface area contributed by atoms with Gasteiger partial charge in [-0.2, -0.15) is 0 Å². The van der Waals surface area contributed by atoms with Crippen LogP contribution >= 0.6 is 0 Å². The second-order valence-electron chi connectivity index (χ2n) is 3.13. The quantitative estimate of drug-likeness (QED) is 0.672. The van der Waals surface area contributed by atoms with Gasteiger partial charge in [0.15, 0.2) is 5.78 Å².